The average Bonchev–Trinajstić information content (AvgIpc) is 3.04. The number of hydrogen-bond donors (Lipinski definition) is 2. The zero-order chi connectivity index (χ0) is 18.6. The summed E-state index contributed by atoms with van der Waals surface area (Å²) in [6, 6.07) is 4.39. The summed E-state index contributed by atoms with van der Waals surface area (Å²) in [5, 5.41) is 5.57. The molecule has 1 atom stereocenters. The maximum absolute atomic E-state index is 12.6. The van der Waals surface area contributed by atoms with Gasteiger partial charge in [0, 0.05) is 24.3 Å². The maximum Gasteiger partial charge on any atom is 0.251 e. The first-order chi connectivity index (χ1) is 11.7. The second-order valence-corrected chi connectivity index (χ2v) is 8.24. The molecule has 0 spiro atoms. The van der Waals surface area contributed by atoms with Gasteiger partial charge in [-0.05, 0) is 43.9 Å². The van der Waals surface area contributed by atoms with Gasteiger partial charge in [0.1, 0.15) is 6.04 Å². The number of nitrogens with zero attached hydrogens (tertiary/aromatic N) is 1. The number of anilines is 1. The first-order valence-electron chi connectivity index (χ1n) is 8.40. The van der Waals surface area contributed by atoms with Crippen LogP contribution in [0.3, 0.4) is 0 Å². The summed E-state index contributed by atoms with van der Waals surface area (Å²) in [7, 11) is -3.42. The minimum atomic E-state index is -3.42. The highest BCUT2D eigenvalue weighted by atomic mass is 32.2. The summed E-state index contributed by atoms with van der Waals surface area (Å²) in [6.07, 6.45) is 3.10. The molecule has 0 radical (unpaired) electrons. The van der Waals surface area contributed by atoms with Crippen molar-refractivity contribution in [3.63, 3.8) is 0 Å². The normalized spacial score (nSPS) is 18.1. The van der Waals surface area contributed by atoms with Crippen LogP contribution >= 0.6 is 0 Å². The van der Waals surface area contributed by atoms with Gasteiger partial charge in [0.05, 0.1) is 6.26 Å². The van der Waals surface area contributed by atoms with Gasteiger partial charge in [0.25, 0.3) is 5.91 Å². The number of aryl methyl sites for hydroxylation is 1. The number of nitrogens with one attached hydrogen (secondary N) is 2. The number of amides is 2. The van der Waals surface area contributed by atoms with E-state index < -0.39 is 16.1 Å². The van der Waals surface area contributed by atoms with Crippen molar-refractivity contribution in [1.29, 1.82) is 0 Å². The van der Waals surface area contributed by atoms with Crippen LogP contribution in [-0.2, 0) is 14.8 Å². The molecule has 1 heterocycles. The van der Waals surface area contributed by atoms with Gasteiger partial charge < -0.3 is 10.6 Å². The van der Waals surface area contributed by atoms with E-state index in [4.69, 9.17) is 0 Å². The maximum atomic E-state index is 12.6. The Morgan fingerprint density at radius 1 is 1.32 bits per heavy atom. The van der Waals surface area contributed by atoms with Gasteiger partial charge in [-0.2, -0.15) is 4.31 Å². The fraction of sp³-hybridized carbons (Fsp3) is 0.529. The van der Waals surface area contributed by atoms with Crippen LogP contribution in [0.5, 0.6) is 0 Å². The molecule has 1 aromatic carbocycles. The molecule has 138 valence electrons. The minimum absolute atomic E-state index is 0.198. The molecule has 2 amide bonds. The number of carbonyl (C=O) groups is 2. The third-order valence-corrected chi connectivity index (χ3v) is 5.51. The Morgan fingerprint density at radius 3 is 2.68 bits per heavy atom. The van der Waals surface area contributed by atoms with Gasteiger partial charge in [-0.25, -0.2) is 8.42 Å². The molecule has 1 fully saturated rings. The Bertz CT molecular complexity index is 761. The Balaban J connectivity index is 2.16. The summed E-state index contributed by atoms with van der Waals surface area (Å²) < 4.78 is 24.8. The van der Waals surface area contributed by atoms with E-state index >= 15 is 0 Å². The number of hydrogen-bond acceptors (Lipinski definition) is 4. The molecule has 1 aliphatic heterocycles. The lowest BCUT2D eigenvalue weighted by Crippen LogP contribution is -2.42. The van der Waals surface area contributed by atoms with Crippen LogP contribution in [-0.4, -0.2) is 49.9 Å². The lowest BCUT2D eigenvalue weighted by atomic mass is 10.1. The minimum Gasteiger partial charge on any atom is -0.352 e. The van der Waals surface area contributed by atoms with Crippen molar-refractivity contribution in [2.45, 2.75) is 39.2 Å². The molecular weight excluding hydrogens is 342 g/mol. The number of rotatable bonds is 6. The van der Waals surface area contributed by atoms with E-state index in [0.717, 1.165) is 18.2 Å². The van der Waals surface area contributed by atoms with Crippen molar-refractivity contribution >= 4 is 27.5 Å². The number of carbonyl (C=O) groups excluding carboxylic acids is 2. The van der Waals surface area contributed by atoms with Crippen LogP contribution in [0.25, 0.3) is 0 Å². The molecule has 1 aliphatic rings. The SMILES string of the molecule is CCCNC(=O)c1ccc(C)c(NC(=O)[C@@H]2CCCN2S(C)(=O)=O)c1. The predicted octanol–water partition coefficient (Wildman–Crippen LogP) is 1.50. The fourth-order valence-corrected chi connectivity index (χ4v) is 3.98. The van der Waals surface area contributed by atoms with Crippen LogP contribution in [0.2, 0.25) is 0 Å². The molecule has 0 aromatic heterocycles. The van der Waals surface area contributed by atoms with Gasteiger partial charge in [0.15, 0.2) is 0 Å². The van der Waals surface area contributed by atoms with Crippen LogP contribution in [0.15, 0.2) is 18.2 Å². The first-order valence-corrected chi connectivity index (χ1v) is 10.3. The average molecular weight is 367 g/mol. The smallest absolute Gasteiger partial charge is 0.251 e. The Hall–Kier alpha value is -1.93. The summed E-state index contributed by atoms with van der Waals surface area (Å²) in [5.41, 5.74) is 1.79. The molecule has 2 rings (SSSR count). The van der Waals surface area contributed by atoms with Crippen LogP contribution in [0.4, 0.5) is 5.69 Å². The molecule has 7 nitrogen and oxygen atoms in total. The lowest BCUT2D eigenvalue weighted by molar-refractivity contribution is -0.119. The van der Waals surface area contributed by atoms with Crippen LogP contribution in [0, 0.1) is 6.92 Å². The third-order valence-electron chi connectivity index (χ3n) is 4.23. The second kappa shape index (κ2) is 7.97. The Morgan fingerprint density at radius 2 is 2.04 bits per heavy atom. The zero-order valence-electron chi connectivity index (χ0n) is 14.8. The van der Waals surface area contributed by atoms with Gasteiger partial charge in [-0.1, -0.05) is 13.0 Å². The highest BCUT2D eigenvalue weighted by Gasteiger charge is 2.36. The van der Waals surface area contributed by atoms with Crippen molar-refractivity contribution < 1.29 is 18.0 Å². The first kappa shape index (κ1) is 19.4. The van der Waals surface area contributed by atoms with Crippen molar-refractivity contribution in [2.75, 3.05) is 24.7 Å². The van der Waals surface area contributed by atoms with Gasteiger partial charge in [-0.3, -0.25) is 9.59 Å². The van der Waals surface area contributed by atoms with E-state index in [2.05, 4.69) is 10.6 Å². The van der Waals surface area contributed by atoms with Gasteiger partial charge in [0.2, 0.25) is 15.9 Å². The summed E-state index contributed by atoms with van der Waals surface area (Å²) >= 11 is 0. The van der Waals surface area contributed by atoms with E-state index in [-0.39, 0.29) is 11.8 Å². The Labute approximate surface area is 148 Å². The molecule has 0 bridgehead atoms. The third kappa shape index (κ3) is 4.79. The zero-order valence-corrected chi connectivity index (χ0v) is 15.6. The molecule has 1 saturated heterocycles. The fourth-order valence-electron chi connectivity index (χ4n) is 2.85. The van der Waals surface area contributed by atoms with Crippen molar-refractivity contribution in [3.05, 3.63) is 29.3 Å². The van der Waals surface area contributed by atoms with E-state index in [9.17, 15) is 18.0 Å². The second-order valence-electron chi connectivity index (χ2n) is 6.31. The molecule has 2 N–H and O–H groups in total. The monoisotopic (exact) mass is 367 g/mol. The number of benzene rings is 1. The molecule has 0 unspecified atom stereocenters. The summed E-state index contributed by atoms with van der Waals surface area (Å²) in [6.45, 7) is 4.73. The molecular formula is C17H25N3O4S. The lowest BCUT2D eigenvalue weighted by Gasteiger charge is -2.22. The topological polar surface area (TPSA) is 95.6 Å². The highest BCUT2D eigenvalue weighted by molar-refractivity contribution is 7.88. The quantitative estimate of drug-likeness (QED) is 0.796. The molecule has 1 aromatic rings. The van der Waals surface area contributed by atoms with Gasteiger partial charge in [-0.15, -0.1) is 0 Å². The van der Waals surface area contributed by atoms with E-state index in [1.165, 1.54) is 4.31 Å². The van der Waals surface area contributed by atoms with E-state index in [1.54, 1.807) is 18.2 Å². The molecule has 0 aliphatic carbocycles. The van der Waals surface area contributed by atoms with Crippen molar-refractivity contribution in [1.82, 2.24) is 9.62 Å². The largest absolute Gasteiger partial charge is 0.352 e. The van der Waals surface area contributed by atoms with Gasteiger partial charge >= 0.3 is 0 Å². The molecule has 8 heteroatoms. The highest BCUT2D eigenvalue weighted by Crippen LogP contribution is 2.23. The predicted molar refractivity (Wildman–Crippen MR) is 97.0 cm³/mol. The number of sulfonamides is 1. The van der Waals surface area contributed by atoms with E-state index in [1.807, 2.05) is 13.8 Å². The Kier molecular flexibility index (Phi) is 6.18. The molecule has 25 heavy (non-hydrogen) atoms. The summed E-state index contributed by atoms with van der Waals surface area (Å²) in [4.78, 5) is 24.6. The van der Waals surface area contributed by atoms with Crippen molar-refractivity contribution in [2.24, 2.45) is 0 Å². The van der Waals surface area contributed by atoms with Crippen molar-refractivity contribution in [3.8, 4) is 0 Å². The standard InChI is InChI=1S/C17H25N3O4S/c1-4-9-18-16(21)13-8-7-12(2)14(11-13)19-17(22)15-6-5-10-20(15)25(3,23)24/h7-8,11,15H,4-6,9-10H2,1-3H3,(H,18,21)(H,19,22)/t15-/m0/s1. The summed E-state index contributed by atoms with van der Waals surface area (Å²) in [5.74, 6) is -0.562. The van der Waals surface area contributed by atoms with Crippen LogP contribution < -0.4 is 10.6 Å². The molecule has 0 saturated carbocycles. The van der Waals surface area contributed by atoms with Crippen LogP contribution in [0.1, 0.15) is 42.1 Å². The van der Waals surface area contributed by atoms with E-state index in [0.29, 0.717) is 37.2 Å².